The van der Waals surface area contributed by atoms with Gasteiger partial charge in [-0.15, -0.1) is 0 Å². The number of carbonyl (C=O) groups is 1. The third-order valence-corrected chi connectivity index (χ3v) is 5.82. The molecule has 0 bridgehead atoms. The van der Waals surface area contributed by atoms with Gasteiger partial charge < -0.3 is 24.8 Å². The number of para-hydroxylation sites is 2. The van der Waals surface area contributed by atoms with Gasteiger partial charge in [-0.3, -0.25) is 4.79 Å². The summed E-state index contributed by atoms with van der Waals surface area (Å²) < 4.78 is 13.3. The Morgan fingerprint density at radius 3 is 2.63 bits per heavy atom. The molecule has 5 rings (SSSR count). The Morgan fingerprint density at radius 2 is 1.89 bits per heavy atom. The Balaban J connectivity index is 1.62. The number of nitrogens with zero attached hydrogens (tertiary/aromatic N) is 2. The van der Waals surface area contributed by atoms with Crippen molar-refractivity contribution in [1.82, 2.24) is 9.55 Å². The molecule has 0 saturated carbocycles. The second-order valence-corrected chi connectivity index (χ2v) is 8.05. The first kappa shape index (κ1) is 22.3. The molecule has 2 radical (unpaired) electrons. The maximum atomic E-state index is 12.4. The highest BCUT2D eigenvalue weighted by Crippen LogP contribution is 2.29. The molecule has 3 aromatic carbocycles. The molecule has 172 valence electrons. The van der Waals surface area contributed by atoms with E-state index in [1.165, 1.54) is 0 Å². The van der Waals surface area contributed by atoms with Gasteiger partial charge in [-0.1, -0.05) is 41.9 Å². The molecule has 9 heteroatoms. The van der Waals surface area contributed by atoms with E-state index in [9.17, 15) is 9.59 Å². The molecule has 0 unspecified atom stereocenters. The van der Waals surface area contributed by atoms with Crippen LogP contribution in [0.5, 0.6) is 5.75 Å². The van der Waals surface area contributed by atoms with E-state index in [2.05, 4.69) is 5.32 Å². The smallest absolute Gasteiger partial charge is 0.349 e. The summed E-state index contributed by atoms with van der Waals surface area (Å²) >= 11 is 0. The number of rotatable bonds is 7. The van der Waals surface area contributed by atoms with Crippen LogP contribution >= 0.6 is 0 Å². The predicted octanol–water partition coefficient (Wildman–Crippen LogP) is 3.17. The summed E-state index contributed by atoms with van der Waals surface area (Å²) in [5.74, 6) is 0.466. The number of ether oxygens (including phenoxy) is 1. The van der Waals surface area contributed by atoms with Crippen LogP contribution in [-0.4, -0.2) is 29.9 Å². The van der Waals surface area contributed by atoms with Crippen LogP contribution < -0.4 is 26.9 Å². The summed E-state index contributed by atoms with van der Waals surface area (Å²) in [6.45, 7) is 2.49. The number of aryl methyl sites for hydroxylation is 1. The number of nitrogens with two attached hydrogens (primary N) is 1. The van der Waals surface area contributed by atoms with E-state index in [1.54, 1.807) is 25.1 Å². The molecule has 2 aromatic heterocycles. The first-order valence-corrected chi connectivity index (χ1v) is 11.0. The highest BCUT2D eigenvalue weighted by molar-refractivity contribution is 6.35. The molecule has 0 aliphatic rings. The molecule has 3 N–H and O–H groups in total. The first-order chi connectivity index (χ1) is 16.9. The van der Waals surface area contributed by atoms with Crippen LogP contribution in [0.15, 0.2) is 75.9 Å². The average molecular weight is 464 g/mol. The number of nitrogens with one attached hydrogen (secondary N) is 1. The Kier molecular flexibility index (Phi) is 5.74. The van der Waals surface area contributed by atoms with E-state index in [0.29, 0.717) is 52.3 Å². The highest BCUT2D eigenvalue weighted by atomic mass is 16.5. The zero-order valence-electron chi connectivity index (χ0n) is 18.9. The van der Waals surface area contributed by atoms with Gasteiger partial charge in [0.2, 0.25) is 5.95 Å². The van der Waals surface area contributed by atoms with Crippen molar-refractivity contribution < 1.29 is 13.9 Å². The monoisotopic (exact) mass is 464 g/mol. The van der Waals surface area contributed by atoms with E-state index >= 15 is 0 Å². The minimum atomic E-state index is -0.830. The Bertz CT molecular complexity index is 1630. The van der Waals surface area contributed by atoms with Gasteiger partial charge in [-0.2, -0.15) is 0 Å². The van der Waals surface area contributed by atoms with Crippen LogP contribution in [0.1, 0.15) is 15.9 Å². The number of amides is 1. The van der Waals surface area contributed by atoms with Gasteiger partial charge in [0.1, 0.15) is 31.3 Å². The van der Waals surface area contributed by atoms with Crippen molar-refractivity contribution in [1.29, 1.82) is 0 Å². The van der Waals surface area contributed by atoms with Crippen molar-refractivity contribution in [3.05, 3.63) is 88.3 Å². The maximum Gasteiger partial charge on any atom is 0.349 e. The van der Waals surface area contributed by atoms with Gasteiger partial charge in [0.05, 0.1) is 17.6 Å². The minimum absolute atomic E-state index is 0.164. The van der Waals surface area contributed by atoms with Gasteiger partial charge >= 0.3 is 5.63 Å². The molecule has 0 saturated heterocycles. The zero-order valence-corrected chi connectivity index (χ0v) is 18.9. The van der Waals surface area contributed by atoms with Gasteiger partial charge in [0.15, 0.2) is 0 Å². The number of primary amides is 1. The fourth-order valence-corrected chi connectivity index (χ4v) is 4.08. The van der Waals surface area contributed by atoms with Crippen LogP contribution in [0.25, 0.3) is 22.0 Å². The second-order valence-electron chi connectivity index (χ2n) is 8.05. The van der Waals surface area contributed by atoms with Crippen molar-refractivity contribution in [2.24, 2.45) is 5.73 Å². The van der Waals surface area contributed by atoms with E-state index in [0.717, 1.165) is 11.3 Å². The summed E-state index contributed by atoms with van der Waals surface area (Å²) in [7, 11) is 6.13. The number of anilines is 2. The number of imidazole rings is 1. The van der Waals surface area contributed by atoms with Gasteiger partial charge in [0, 0.05) is 17.1 Å². The number of benzene rings is 3. The lowest BCUT2D eigenvalue weighted by Crippen LogP contribution is -2.22. The van der Waals surface area contributed by atoms with Crippen LogP contribution in [-0.2, 0) is 6.54 Å². The molecule has 5 aromatic rings. The molecule has 0 aliphatic heterocycles. The number of carbonyl (C=O) groups excluding carboxylic acids is 1. The molecule has 0 aliphatic carbocycles. The Morgan fingerprint density at radius 1 is 1.14 bits per heavy atom. The summed E-state index contributed by atoms with van der Waals surface area (Å²) in [6.07, 6.45) is 0. The molecular weight excluding hydrogens is 443 g/mol. The topological polar surface area (TPSA) is 112 Å². The van der Waals surface area contributed by atoms with Crippen molar-refractivity contribution >= 4 is 52.9 Å². The van der Waals surface area contributed by atoms with Crippen LogP contribution in [0.2, 0.25) is 0 Å². The SMILES string of the molecule is [B]c1ccccc1Nc1nc2cc3c(C)c(C(N)=O)c(=O)oc3cc2n1CCOc1ccccc1. The molecule has 0 fully saturated rings. The van der Waals surface area contributed by atoms with Gasteiger partial charge in [-0.25, -0.2) is 9.78 Å². The molecule has 2 heterocycles. The normalized spacial score (nSPS) is 11.1. The predicted molar refractivity (Wildman–Crippen MR) is 136 cm³/mol. The summed E-state index contributed by atoms with van der Waals surface area (Å²) in [4.78, 5) is 28.9. The fraction of sp³-hybridized carbons (Fsp3) is 0.115. The van der Waals surface area contributed by atoms with Crippen molar-refractivity contribution in [2.75, 3.05) is 11.9 Å². The Labute approximate surface area is 201 Å². The van der Waals surface area contributed by atoms with E-state index in [4.69, 9.17) is 27.7 Å². The van der Waals surface area contributed by atoms with E-state index < -0.39 is 11.5 Å². The summed E-state index contributed by atoms with van der Waals surface area (Å²) in [6, 6.07) is 20.4. The summed E-state index contributed by atoms with van der Waals surface area (Å²) in [5.41, 5.74) is 7.89. The zero-order chi connectivity index (χ0) is 24.5. The molecule has 0 spiro atoms. The molecule has 0 atom stereocenters. The fourth-order valence-electron chi connectivity index (χ4n) is 4.08. The van der Waals surface area contributed by atoms with Gasteiger partial charge in [-0.05, 0) is 36.8 Å². The third kappa shape index (κ3) is 4.24. The van der Waals surface area contributed by atoms with Crippen molar-refractivity contribution in [2.45, 2.75) is 13.5 Å². The summed E-state index contributed by atoms with van der Waals surface area (Å²) in [5, 5.41) is 3.88. The quantitative estimate of drug-likeness (QED) is 0.283. The number of hydrogen-bond acceptors (Lipinski definition) is 6. The van der Waals surface area contributed by atoms with Crippen LogP contribution in [0.4, 0.5) is 11.6 Å². The standard InChI is InChI=1S/C26H21BN4O4/c1-15-17-13-20-21(14-22(17)35-25(33)23(15)24(28)32)31(11-12-34-16-7-3-2-4-8-16)26(30-20)29-19-10-6-5-9-18(19)27/h2-10,13-14H,11-12H2,1H3,(H2,28,32)(H,29,30). The van der Waals surface area contributed by atoms with Crippen molar-refractivity contribution in [3.63, 3.8) is 0 Å². The van der Waals surface area contributed by atoms with Crippen molar-refractivity contribution in [3.8, 4) is 5.75 Å². The second kappa shape index (κ2) is 9.02. The lowest BCUT2D eigenvalue weighted by molar-refractivity contribution is 0.0996. The highest BCUT2D eigenvalue weighted by Gasteiger charge is 2.19. The molecular formula is C26H21BN4O4. The molecule has 8 nitrogen and oxygen atoms in total. The van der Waals surface area contributed by atoms with E-state index in [-0.39, 0.29) is 5.56 Å². The maximum absolute atomic E-state index is 12.4. The van der Waals surface area contributed by atoms with Gasteiger partial charge in [0.25, 0.3) is 5.91 Å². The molecule has 35 heavy (non-hydrogen) atoms. The lowest BCUT2D eigenvalue weighted by Gasteiger charge is -2.13. The first-order valence-electron chi connectivity index (χ1n) is 11.0. The minimum Gasteiger partial charge on any atom is -0.492 e. The van der Waals surface area contributed by atoms with Crippen LogP contribution in [0.3, 0.4) is 0 Å². The number of aromatic nitrogens is 2. The number of hydrogen-bond donors (Lipinski definition) is 2. The largest absolute Gasteiger partial charge is 0.492 e. The van der Waals surface area contributed by atoms with E-state index in [1.807, 2.05) is 53.1 Å². The lowest BCUT2D eigenvalue weighted by atomic mass is 9.94. The number of fused-ring (bicyclic) bond motifs is 2. The molecule has 1 amide bonds. The average Bonchev–Trinajstić information content (AvgIpc) is 3.16. The third-order valence-electron chi connectivity index (χ3n) is 5.82. The Hall–Kier alpha value is -4.53. The van der Waals surface area contributed by atoms with Crippen LogP contribution in [0, 0.1) is 6.92 Å².